The smallest absolute Gasteiger partial charge is 0.327 e. The molecule has 3 unspecified atom stereocenters. The second-order valence-electron chi connectivity index (χ2n) is 6.76. The fourth-order valence-electron chi connectivity index (χ4n) is 2.96. The van der Waals surface area contributed by atoms with E-state index in [1.54, 1.807) is 0 Å². The van der Waals surface area contributed by atoms with E-state index in [9.17, 15) is 19.2 Å². The van der Waals surface area contributed by atoms with E-state index >= 15 is 0 Å². The largest absolute Gasteiger partial charge is 0.480 e. The van der Waals surface area contributed by atoms with Gasteiger partial charge in [0.15, 0.2) is 0 Å². The Labute approximate surface area is 174 Å². The number of carbonyl (C=O) groups is 4. The van der Waals surface area contributed by atoms with Gasteiger partial charge in [-0.15, -0.1) is 0 Å². The molecule has 0 aliphatic carbocycles. The molecule has 0 spiro atoms. The third-order valence-corrected chi connectivity index (χ3v) is 4.90. The lowest BCUT2D eigenvalue weighted by Crippen LogP contribution is -2.54. The van der Waals surface area contributed by atoms with Crippen LogP contribution in [0.3, 0.4) is 0 Å². The van der Waals surface area contributed by atoms with Crippen molar-refractivity contribution < 1.29 is 24.3 Å². The van der Waals surface area contributed by atoms with E-state index in [0.29, 0.717) is 6.42 Å². The number of carbonyl (C=O) groups excluding carboxylic acids is 3. The van der Waals surface area contributed by atoms with Crippen LogP contribution >= 0.6 is 12.6 Å². The molecule has 1 fully saturated rings. The van der Waals surface area contributed by atoms with Crippen LogP contribution in [0.1, 0.15) is 18.4 Å². The quantitative estimate of drug-likeness (QED) is 0.270. The third-order valence-electron chi connectivity index (χ3n) is 4.53. The molecule has 3 amide bonds. The first-order chi connectivity index (χ1) is 13.9. The molecule has 1 saturated heterocycles. The van der Waals surface area contributed by atoms with Gasteiger partial charge in [0.25, 0.3) is 0 Å². The van der Waals surface area contributed by atoms with Gasteiger partial charge in [-0.3, -0.25) is 14.4 Å². The van der Waals surface area contributed by atoms with Gasteiger partial charge in [-0.05, 0) is 24.9 Å². The van der Waals surface area contributed by atoms with Crippen LogP contribution in [-0.2, 0) is 25.6 Å². The highest BCUT2D eigenvalue weighted by molar-refractivity contribution is 7.80. The molecule has 1 heterocycles. The minimum atomic E-state index is -1.21. The zero-order valence-electron chi connectivity index (χ0n) is 15.9. The first-order valence-corrected chi connectivity index (χ1v) is 10.0. The highest BCUT2D eigenvalue weighted by Gasteiger charge is 2.28. The summed E-state index contributed by atoms with van der Waals surface area (Å²) in [5.41, 5.74) is 0.859. The summed E-state index contributed by atoms with van der Waals surface area (Å²) in [5.74, 6) is -2.71. The van der Waals surface area contributed by atoms with E-state index in [1.165, 1.54) is 0 Å². The van der Waals surface area contributed by atoms with Crippen molar-refractivity contribution in [1.29, 1.82) is 0 Å². The van der Waals surface area contributed by atoms with Crippen molar-refractivity contribution in [1.82, 2.24) is 21.3 Å². The first-order valence-electron chi connectivity index (χ1n) is 9.39. The standard InChI is InChI=1S/C19H26N4O5S/c24-16(22-15(11-29)19(27)28)10-21-17(25)14(9-12-5-2-1-3-6-12)23-18(26)13-7-4-8-20-13/h1-3,5-6,13-15,20,29H,4,7-11H2,(H,21,25)(H,22,24)(H,23,26)(H,27,28). The van der Waals surface area contributed by atoms with Crippen LogP contribution < -0.4 is 21.3 Å². The molecule has 0 aromatic heterocycles. The SMILES string of the molecule is O=C(CNC(=O)C(Cc1ccccc1)NC(=O)C1CCCN1)NC(CS)C(=O)O. The molecule has 0 radical (unpaired) electrons. The van der Waals surface area contributed by atoms with Gasteiger partial charge in [-0.25, -0.2) is 4.79 Å². The number of thiol groups is 1. The Balaban J connectivity index is 1.96. The molecule has 1 aromatic rings. The number of carboxylic acid groups (broad SMARTS) is 1. The Morgan fingerprint density at radius 3 is 2.45 bits per heavy atom. The summed E-state index contributed by atoms with van der Waals surface area (Å²) in [6, 6.07) is 6.87. The van der Waals surface area contributed by atoms with Crippen molar-refractivity contribution in [2.45, 2.75) is 37.4 Å². The highest BCUT2D eigenvalue weighted by Crippen LogP contribution is 2.08. The molecule has 3 atom stereocenters. The van der Waals surface area contributed by atoms with Crippen LogP contribution in [0.4, 0.5) is 0 Å². The van der Waals surface area contributed by atoms with Gasteiger partial charge in [0.2, 0.25) is 17.7 Å². The second kappa shape index (κ2) is 11.4. The Hall–Kier alpha value is -2.59. The topological polar surface area (TPSA) is 137 Å². The molecule has 0 bridgehead atoms. The molecule has 10 heteroatoms. The average Bonchev–Trinajstić information content (AvgIpc) is 3.25. The molecule has 29 heavy (non-hydrogen) atoms. The molecule has 1 aliphatic rings. The fourth-order valence-corrected chi connectivity index (χ4v) is 3.21. The van der Waals surface area contributed by atoms with E-state index in [-0.39, 0.29) is 24.1 Å². The molecule has 1 aromatic carbocycles. The fraction of sp³-hybridized carbons (Fsp3) is 0.474. The van der Waals surface area contributed by atoms with Crippen molar-refractivity contribution in [2.75, 3.05) is 18.8 Å². The highest BCUT2D eigenvalue weighted by atomic mass is 32.1. The molecule has 5 N–H and O–H groups in total. The normalized spacial score (nSPS) is 17.8. The molecule has 1 aliphatic heterocycles. The number of carboxylic acids is 1. The maximum Gasteiger partial charge on any atom is 0.327 e. The number of nitrogens with one attached hydrogen (secondary N) is 4. The summed E-state index contributed by atoms with van der Waals surface area (Å²) < 4.78 is 0. The minimum absolute atomic E-state index is 0.0733. The summed E-state index contributed by atoms with van der Waals surface area (Å²) in [7, 11) is 0. The Kier molecular flexibility index (Phi) is 8.94. The van der Waals surface area contributed by atoms with E-state index in [0.717, 1.165) is 18.5 Å². The number of hydrogen-bond acceptors (Lipinski definition) is 6. The van der Waals surface area contributed by atoms with Crippen molar-refractivity contribution in [3.8, 4) is 0 Å². The zero-order chi connectivity index (χ0) is 21.2. The zero-order valence-corrected chi connectivity index (χ0v) is 16.8. The van der Waals surface area contributed by atoms with E-state index in [1.807, 2.05) is 30.3 Å². The predicted octanol–water partition coefficient (Wildman–Crippen LogP) is -0.919. The molecular formula is C19H26N4O5S. The molecule has 9 nitrogen and oxygen atoms in total. The summed E-state index contributed by atoms with van der Waals surface area (Å²) in [6.07, 6.45) is 1.86. The van der Waals surface area contributed by atoms with Crippen LogP contribution in [-0.4, -0.2) is 65.8 Å². The lowest BCUT2D eigenvalue weighted by molar-refractivity contribution is -0.141. The van der Waals surface area contributed by atoms with Crippen molar-refractivity contribution >= 4 is 36.3 Å². The van der Waals surface area contributed by atoms with Crippen molar-refractivity contribution in [3.63, 3.8) is 0 Å². The maximum atomic E-state index is 12.6. The Morgan fingerprint density at radius 1 is 1.14 bits per heavy atom. The number of hydrogen-bond donors (Lipinski definition) is 6. The number of rotatable bonds is 10. The van der Waals surface area contributed by atoms with Gasteiger partial charge in [-0.2, -0.15) is 12.6 Å². The number of amides is 3. The van der Waals surface area contributed by atoms with Gasteiger partial charge in [0, 0.05) is 12.2 Å². The molecule has 2 rings (SSSR count). The predicted molar refractivity (Wildman–Crippen MR) is 110 cm³/mol. The second-order valence-corrected chi connectivity index (χ2v) is 7.12. The lowest BCUT2D eigenvalue weighted by atomic mass is 10.0. The van der Waals surface area contributed by atoms with Crippen molar-refractivity contribution in [2.24, 2.45) is 0 Å². The maximum absolute atomic E-state index is 12.6. The number of aliphatic carboxylic acids is 1. The monoisotopic (exact) mass is 422 g/mol. The number of benzene rings is 1. The van der Waals surface area contributed by atoms with Crippen molar-refractivity contribution in [3.05, 3.63) is 35.9 Å². The van der Waals surface area contributed by atoms with Gasteiger partial charge in [0.1, 0.15) is 12.1 Å². The first kappa shape index (κ1) is 22.7. The van der Waals surface area contributed by atoms with Crippen LogP contribution in [0, 0.1) is 0 Å². The van der Waals surface area contributed by atoms with Gasteiger partial charge in [0.05, 0.1) is 12.6 Å². The van der Waals surface area contributed by atoms with E-state index in [4.69, 9.17) is 5.11 Å². The summed E-state index contributed by atoms with van der Waals surface area (Å²) in [6.45, 7) is 0.350. The Bertz CT molecular complexity index is 725. The molecule has 0 saturated carbocycles. The van der Waals surface area contributed by atoms with Crippen LogP contribution in [0.25, 0.3) is 0 Å². The van der Waals surface area contributed by atoms with E-state index < -0.39 is 36.4 Å². The van der Waals surface area contributed by atoms with Crippen LogP contribution in [0.15, 0.2) is 30.3 Å². The Morgan fingerprint density at radius 2 is 1.86 bits per heavy atom. The van der Waals surface area contributed by atoms with E-state index in [2.05, 4.69) is 33.9 Å². The van der Waals surface area contributed by atoms with Gasteiger partial charge in [-0.1, -0.05) is 30.3 Å². The molecule has 158 valence electrons. The minimum Gasteiger partial charge on any atom is -0.480 e. The van der Waals surface area contributed by atoms with Gasteiger partial charge < -0.3 is 26.4 Å². The average molecular weight is 423 g/mol. The van der Waals surface area contributed by atoms with Crippen LogP contribution in [0.2, 0.25) is 0 Å². The van der Waals surface area contributed by atoms with Crippen LogP contribution in [0.5, 0.6) is 0 Å². The van der Waals surface area contributed by atoms with Gasteiger partial charge >= 0.3 is 5.97 Å². The summed E-state index contributed by atoms with van der Waals surface area (Å²) >= 11 is 3.87. The molecular weight excluding hydrogens is 396 g/mol. The third kappa shape index (κ3) is 7.39. The lowest BCUT2D eigenvalue weighted by Gasteiger charge is -2.21. The summed E-state index contributed by atoms with van der Waals surface area (Å²) in [5, 5.41) is 19.5. The summed E-state index contributed by atoms with van der Waals surface area (Å²) in [4.78, 5) is 47.9.